The van der Waals surface area contributed by atoms with E-state index in [1.165, 1.54) is 105 Å². The summed E-state index contributed by atoms with van der Waals surface area (Å²) in [5.41, 5.74) is 25.3. The van der Waals surface area contributed by atoms with Gasteiger partial charge in [-0.25, -0.2) is 0 Å². The molecule has 0 fully saturated rings. The van der Waals surface area contributed by atoms with E-state index in [-0.39, 0.29) is 7.43 Å². The molecule has 2 N–H and O–H groups in total. The maximum absolute atomic E-state index is 5.36. The van der Waals surface area contributed by atoms with Gasteiger partial charge in [0, 0.05) is 5.69 Å². The van der Waals surface area contributed by atoms with E-state index in [1.54, 1.807) is 12.2 Å². The molecule has 0 saturated carbocycles. The first-order valence-corrected chi connectivity index (χ1v) is 28.4. The molecule has 0 radical (unpaired) electrons. The van der Waals surface area contributed by atoms with Gasteiger partial charge in [-0.2, -0.15) is 0 Å². The van der Waals surface area contributed by atoms with Crippen LogP contribution in [0, 0.1) is 13.8 Å². The van der Waals surface area contributed by atoms with Gasteiger partial charge in [-0.1, -0.05) is 317 Å². The minimum Gasteiger partial charge on any atom is -0.399 e. The predicted molar refractivity (Wildman–Crippen MR) is 368 cm³/mol. The van der Waals surface area contributed by atoms with Gasteiger partial charge in [-0.3, -0.25) is 0 Å². The van der Waals surface area contributed by atoms with Crippen molar-refractivity contribution in [3.63, 3.8) is 0 Å². The van der Waals surface area contributed by atoms with Crippen LogP contribution in [0.3, 0.4) is 0 Å². The third-order valence-corrected chi connectivity index (χ3v) is 13.6. The first-order chi connectivity index (χ1) is 40.2. The van der Waals surface area contributed by atoms with Crippen LogP contribution in [0.25, 0.3) is 71.6 Å². The molecular formula is C82H81N. The van der Waals surface area contributed by atoms with Crippen molar-refractivity contribution in [1.29, 1.82) is 0 Å². The summed E-state index contributed by atoms with van der Waals surface area (Å²) in [4.78, 5) is 0. The average Bonchev–Trinajstić information content (AvgIpc) is 3.57. The number of nitrogens with two attached hydrogens (primary N) is 1. The molecule has 414 valence electrons. The highest BCUT2D eigenvalue weighted by molar-refractivity contribution is 6.07. The van der Waals surface area contributed by atoms with Crippen LogP contribution in [-0.4, -0.2) is 0 Å². The summed E-state index contributed by atoms with van der Waals surface area (Å²) < 4.78 is 0. The van der Waals surface area contributed by atoms with E-state index in [0.29, 0.717) is 0 Å². The van der Waals surface area contributed by atoms with Crippen LogP contribution >= 0.6 is 0 Å². The van der Waals surface area contributed by atoms with Gasteiger partial charge in [0.15, 0.2) is 0 Å². The van der Waals surface area contributed by atoms with E-state index in [9.17, 15) is 0 Å². The third-order valence-electron chi connectivity index (χ3n) is 13.6. The molecule has 0 heterocycles. The molecule has 12 rings (SSSR count). The molecule has 83 heavy (non-hydrogen) atoms. The molecule has 0 spiro atoms. The number of benzene rings is 12. The highest BCUT2D eigenvalue weighted by atomic mass is 14.5. The zero-order valence-electron chi connectivity index (χ0n) is 48.4. The Kier molecular flexibility index (Phi) is 25.3. The van der Waals surface area contributed by atoms with Crippen molar-refractivity contribution in [3.05, 3.63) is 362 Å². The molecule has 0 atom stereocenters. The van der Waals surface area contributed by atoms with Gasteiger partial charge >= 0.3 is 0 Å². The Morgan fingerprint density at radius 2 is 0.699 bits per heavy atom. The van der Waals surface area contributed by atoms with Crippen LogP contribution in [0.1, 0.15) is 61.6 Å². The second-order valence-electron chi connectivity index (χ2n) is 19.9. The monoisotopic (exact) mass is 1080 g/mol. The van der Waals surface area contributed by atoms with Crippen molar-refractivity contribution in [3.8, 4) is 44.5 Å². The lowest BCUT2D eigenvalue weighted by atomic mass is 9.91. The van der Waals surface area contributed by atoms with Crippen molar-refractivity contribution in [2.75, 3.05) is 5.73 Å². The number of anilines is 1. The zero-order chi connectivity index (χ0) is 57.7. The molecule has 0 amide bonds. The first kappa shape index (κ1) is 62.4. The van der Waals surface area contributed by atoms with Crippen LogP contribution in [0.5, 0.6) is 0 Å². The van der Waals surface area contributed by atoms with Gasteiger partial charge in [0.05, 0.1) is 0 Å². The largest absolute Gasteiger partial charge is 0.399 e. The maximum Gasteiger partial charge on any atom is 0.0313 e. The van der Waals surface area contributed by atoms with E-state index in [4.69, 9.17) is 5.73 Å². The zero-order valence-corrected chi connectivity index (χ0v) is 48.4. The lowest BCUT2D eigenvalue weighted by Gasteiger charge is -2.13. The van der Waals surface area contributed by atoms with Crippen LogP contribution in [0.2, 0.25) is 0 Å². The van der Waals surface area contributed by atoms with Gasteiger partial charge in [0.25, 0.3) is 0 Å². The average molecular weight is 1080 g/mol. The van der Waals surface area contributed by atoms with Crippen molar-refractivity contribution >= 4 is 32.8 Å². The molecule has 12 aromatic rings. The molecule has 0 aliphatic carbocycles. The number of rotatable bonds is 9. The number of para-hydroxylation sites is 1. The van der Waals surface area contributed by atoms with Gasteiger partial charge in [-0.15, -0.1) is 13.2 Å². The smallest absolute Gasteiger partial charge is 0.0313 e. The van der Waals surface area contributed by atoms with E-state index >= 15 is 0 Å². The molecular weight excluding hydrogens is 999 g/mol. The number of hydrogen-bond donors (Lipinski definition) is 1. The van der Waals surface area contributed by atoms with Gasteiger partial charge in [-0.05, 0) is 159 Å². The van der Waals surface area contributed by atoms with Crippen LogP contribution in [-0.2, 0) is 12.8 Å². The van der Waals surface area contributed by atoms with Crippen molar-refractivity contribution in [2.45, 2.75) is 54.9 Å². The number of hydrogen-bond acceptors (Lipinski definition) is 1. The summed E-state index contributed by atoms with van der Waals surface area (Å²) in [5.74, 6) is 0. The SMILES string of the molecule is C.C=CC.C=CC.CCc1ccccc1.Cc1ccc(-c2ccc3c(-c4cccc5cc(-c6ccc(CC=C(c7ccccc7)c7ccccc7)cc6)ccc45)cccc3c2)cc1.Cc1ccc(-c2ccccc2)cc1.Nc1ccccc1. The molecule has 0 saturated heterocycles. The topological polar surface area (TPSA) is 26.0 Å². The fraction of sp³-hybridized carbons (Fsp3) is 0.0976. The number of nitrogen functional groups attached to an aromatic ring is 1. The number of fused-ring (bicyclic) bond motifs is 2. The molecule has 1 heteroatoms. The summed E-state index contributed by atoms with van der Waals surface area (Å²) in [6.07, 6.45) is 7.87. The summed E-state index contributed by atoms with van der Waals surface area (Å²) in [6, 6.07) is 105. The lowest BCUT2D eigenvalue weighted by Crippen LogP contribution is -1.90. The molecule has 0 aliphatic rings. The van der Waals surface area contributed by atoms with Gasteiger partial charge in [0.2, 0.25) is 0 Å². The Hall–Kier alpha value is -9.82. The first-order valence-electron chi connectivity index (χ1n) is 28.4. The van der Waals surface area contributed by atoms with E-state index < -0.39 is 0 Å². The molecule has 1 nitrogen and oxygen atoms in total. The van der Waals surface area contributed by atoms with Crippen LogP contribution in [0.15, 0.2) is 329 Å². The Morgan fingerprint density at radius 3 is 1.07 bits per heavy atom. The summed E-state index contributed by atoms with van der Waals surface area (Å²) in [6.45, 7) is 16.9. The maximum atomic E-state index is 5.36. The summed E-state index contributed by atoms with van der Waals surface area (Å²) in [5, 5.41) is 5.05. The Labute approximate surface area is 497 Å². The summed E-state index contributed by atoms with van der Waals surface area (Å²) in [7, 11) is 0. The highest BCUT2D eigenvalue weighted by Gasteiger charge is 2.11. The van der Waals surface area contributed by atoms with Crippen LogP contribution in [0.4, 0.5) is 5.69 Å². The van der Waals surface area contributed by atoms with E-state index in [2.05, 4.69) is 295 Å². The fourth-order valence-corrected chi connectivity index (χ4v) is 9.38. The Balaban J connectivity index is 0.000000254. The number of allylic oxidation sites excluding steroid dienone is 3. The Bertz CT molecular complexity index is 3780. The predicted octanol–water partition coefficient (Wildman–Crippen LogP) is 23.2. The second-order valence-corrected chi connectivity index (χ2v) is 19.9. The van der Waals surface area contributed by atoms with Crippen molar-refractivity contribution in [1.82, 2.24) is 0 Å². The van der Waals surface area contributed by atoms with Crippen molar-refractivity contribution in [2.24, 2.45) is 0 Å². The van der Waals surface area contributed by atoms with Gasteiger partial charge < -0.3 is 5.73 Å². The molecule has 12 aromatic carbocycles. The number of aryl methyl sites for hydroxylation is 3. The minimum absolute atomic E-state index is 0. The van der Waals surface area contributed by atoms with E-state index in [0.717, 1.165) is 18.5 Å². The molecule has 0 aliphatic heterocycles. The third kappa shape index (κ3) is 18.9. The normalized spacial score (nSPS) is 9.89. The Morgan fingerprint density at radius 1 is 0.361 bits per heavy atom. The fourth-order valence-electron chi connectivity index (χ4n) is 9.38. The quantitative estimate of drug-likeness (QED) is 0.113. The molecule has 0 unspecified atom stereocenters. The van der Waals surface area contributed by atoms with Crippen LogP contribution < -0.4 is 5.73 Å². The van der Waals surface area contributed by atoms with Gasteiger partial charge in [0.1, 0.15) is 0 Å². The van der Waals surface area contributed by atoms with E-state index in [1.807, 2.05) is 56.3 Å². The van der Waals surface area contributed by atoms with Crippen molar-refractivity contribution < 1.29 is 0 Å². The summed E-state index contributed by atoms with van der Waals surface area (Å²) >= 11 is 0. The molecule has 0 aromatic heterocycles. The molecule has 0 bridgehead atoms. The highest BCUT2D eigenvalue weighted by Crippen LogP contribution is 2.37. The minimum atomic E-state index is 0. The standard InChI is InChI=1S/C48H36.C13H12.C8H10.C6H7N.2C3H6.CH4/c1-34-18-23-36(24-19-34)40-27-30-45-42(32-40)14-8-16-47(45)48-17-9-15-43-33-41(28-31-46(43)48)37-25-20-35(21-26-37)22-29-44(38-10-4-2-5-11-38)39-12-6-3-7-13-39;1-11-7-9-13(10-8-11)12-5-3-2-4-6-12;1-2-8-6-4-3-5-7-8;7-6-4-2-1-3-5-6;2*1-3-2;/h2-21,23-33H,22H2,1H3;2-10H,1H3;3-7H,2H2,1H3;1-5H,7H2;2*3H,1H2,2H3;1H4. The lowest BCUT2D eigenvalue weighted by molar-refractivity contribution is 1.14. The second kappa shape index (κ2) is 33.7.